The second kappa shape index (κ2) is 8.07. The Bertz CT molecular complexity index is 672. The van der Waals surface area contributed by atoms with E-state index in [2.05, 4.69) is 10.6 Å². The van der Waals surface area contributed by atoms with Crippen molar-refractivity contribution >= 4 is 27.4 Å². The minimum absolute atomic E-state index is 0.0175. The number of amides is 1. The Morgan fingerprint density at radius 1 is 1.26 bits per heavy atom. The summed E-state index contributed by atoms with van der Waals surface area (Å²) in [6.45, 7) is 3.38. The van der Waals surface area contributed by atoms with Crippen molar-refractivity contribution in [1.29, 1.82) is 0 Å². The van der Waals surface area contributed by atoms with Gasteiger partial charge in [-0.25, -0.2) is 8.42 Å². The Balaban J connectivity index is 2.86. The average molecular weight is 342 g/mol. The van der Waals surface area contributed by atoms with E-state index in [1.807, 2.05) is 6.92 Å². The maximum atomic E-state index is 12.2. The van der Waals surface area contributed by atoms with Crippen LogP contribution in [0.25, 0.3) is 0 Å². The average Bonchev–Trinajstić information content (AvgIpc) is 2.45. The summed E-state index contributed by atoms with van der Waals surface area (Å²) in [6, 6.07) is 4.46. The number of hydrogen-bond donors (Lipinski definition) is 3. The van der Waals surface area contributed by atoms with Crippen molar-refractivity contribution in [3.63, 3.8) is 0 Å². The smallest absolute Gasteiger partial charge is 0.320 e. The number of carbonyl (C=O) groups is 2. The molecule has 0 aliphatic rings. The van der Waals surface area contributed by atoms with E-state index < -0.39 is 33.8 Å². The molecule has 2 atom stereocenters. The molecular formula is C15H22N2O5S. The summed E-state index contributed by atoms with van der Waals surface area (Å²) in [6.07, 6.45) is 2.11. The molecule has 1 rings (SSSR count). The van der Waals surface area contributed by atoms with Gasteiger partial charge in [0.1, 0.15) is 6.04 Å². The van der Waals surface area contributed by atoms with Crippen LogP contribution in [0.15, 0.2) is 29.2 Å². The van der Waals surface area contributed by atoms with Crippen LogP contribution < -0.4 is 10.6 Å². The molecule has 0 saturated heterocycles. The lowest BCUT2D eigenvalue weighted by Gasteiger charge is -2.20. The summed E-state index contributed by atoms with van der Waals surface area (Å²) >= 11 is 0. The molecule has 0 spiro atoms. The first-order valence-electron chi connectivity index (χ1n) is 7.25. The van der Waals surface area contributed by atoms with Gasteiger partial charge in [-0.1, -0.05) is 25.5 Å². The molecule has 1 aromatic carbocycles. The molecule has 0 saturated carbocycles. The van der Waals surface area contributed by atoms with Crippen LogP contribution in [-0.2, 0) is 19.4 Å². The largest absolute Gasteiger partial charge is 0.480 e. The van der Waals surface area contributed by atoms with Crippen molar-refractivity contribution < 1.29 is 23.1 Å². The molecule has 2 unspecified atom stereocenters. The maximum Gasteiger partial charge on any atom is 0.320 e. The number of nitrogens with one attached hydrogen (secondary N) is 2. The summed E-state index contributed by atoms with van der Waals surface area (Å²) in [4.78, 5) is 23.3. The highest BCUT2D eigenvalue weighted by atomic mass is 32.2. The molecule has 0 aliphatic heterocycles. The molecule has 23 heavy (non-hydrogen) atoms. The monoisotopic (exact) mass is 342 g/mol. The normalized spacial score (nSPS) is 14.0. The topological polar surface area (TPSA) is 113 Å². The van der Waals surface area contributed by atoms with Crippen LogP contribution in [0, 0.1) is 0 Å². The molecule has 7 nitrogen and oxygen atoms in total. The molecule has 1 aromatic rings. The van der Waals surface area contributed by atoms with Crippen molar-refractivity contribution in [2.45, 2.75) is 43.7 Å². The number of carboxylic acid groups (broad SMARTS) is 1. The first-order valence-corrected chi connectivity index (χ1v) is 9.14. The highest BCUT2D eigenvalue weighted by Gasteiger charge is 2.23. The van der Waals surface area contributed by atoms with E-state index in [4.69, 9.17) is 5.11 Å². The summed E-state index contributed by atoms with van der Waals surface area (Å²) in [5.41, 5.74) is 0.177. The van der Waals surface area contributed by atoms with Gasteiger partial charge in [0.2, 0.25) is 5.91 Å². The third-order valence-corrected chi connectivity index (χ3v) is 4.42. The van der Waals surface area contributed by atoms with E-state index >= 15 is 0 Å². The van der Waals surface area contributed by atoms with Gasteiger partial charge in [-0.15, -0.1) is 0 Å². The number of rotatable bonds is 8. The molecule has 1 amide bonds. The van der Waals surface area contributed by atoms with Gasteiger partial charge in [0.25, 0.3) is 0 Å². The molecule has 0 heterocycles. The van der Waals surface area contributed by atoms with E-state index in [-0.39, 0.29) is 10.6 Å². The Hall–Kier alpha value is -1.93. The van der Waals surface area contributed by atoms with Crippen LogP contribution in [0.3, 0.4) is 0 Å². The van der Waals surface area contributed by atoms with Crippen LogP contribution in [0.5, 0.6) is 0 Å². The molecular weight excluding hydrogens is 320 g/mol. The van der Waals surface area contributed by atoms with Gasteiger partial charge in [-0.3, -0.25) is 14.9 Å². The van der Waals surface area contributed by atoms with Crippen LogP contribution in [0.2, 0.25) is 0 Å². The number of carbonyl (C=O) groups excluding carboxylic acids is 1. The fourth-order valence-electron chi connectivity index (χ4n) is 2.08. The number of para-hydroxylation sites is 1. The van der Waals surface area contributed by atoms with E-state index in [9.17, 15) is 18.0 Å². The second-order valence-electron chi connectivity index (χ2n) is 5.33. The first-order chi connectivity index (χ1) is 10.7. The molecule has 8 heteroatoms. The summed E-state index contributed by atoms with van der Waals surface area (Å²) < 4.78 is 23.4. The predicted molar refractivity (Wildman–Crippen MR) is 87.1 cm³/mol. The van der Waals surface area contributed by atoms with Crippen molar-refractivity contribution in [1.82, 2.24) is 5.32 Å². The van der Waals surface area contributed by atoms with Gasteiger partial charge >= 0.3 is 5.97 Å². The third kappa shape index (κ3) is 5.65. The van der Waals surface area contributed by atoms with Crippen molar-refractivity contribution in [2.75, 3.05) is 11.6 Å². The maximum absolute atomic E-state index is 12.2. The predicted octanol–water partition coefficient (Wildman–Crippen LogP) is 1.26. The van der Waals surface area contributed by atoms with Gasteiger partial charge < -0.3 is 10.4 Å². The minimum Gasteiger partial charge on any atom is -0.480 e. The van der Waals surface area contributed by atoms with E-state index in [1.54, 1.807) is 12.1 Å². The molecule has 0 radical (unpaired) electrons. The highest BCUT2D eigenvalue weighted by Crippen LogP contribution is 2.20. The van der Waals surface area contributed by atoms with E-state index in [1.165, 1.54) is 19.1 Å². The van der Waals surface area contributed by atoms with E-state index in [0.29, 0.717) is 12.8 Å². The number of aliphatic carboxylic acids is 1. The summed E-state index contributed by atoms with van der Waals surface area (Å²) in [7, 11) is -3.48. The zero-order valence-electron chi connectivity index (χ0n) is 13.4. The zero-order valence-corrected chi connectivity index (χ0v) is 14.2. The molecule has 0 aromatic heterocycles. The quantitative estimate of drug-likeness (QED) is 0.655. The molecule has 0 aliphatic carbocycles. The van der Waals surface area contributed by atoms with Crippen molar-refractivity contribution in [2.24, 2.45) is 0 Å². The second-order valence-corrected chi connectivity index (χ2v) is 7.31. The lowest BCUT2D eigenvalue weighted by atomic mass is 10.1. The number of anilines is 1. The lowest BCUT2D eigenvalue weighted by molar-refractivity contribution is -0.140. The molecule has 3 N–H and O–H groups in total. The minimum atomic E-state index is -3.48. The number of sulfone groups is 1. The van der Waals surface area contributed by atoms with Crippen molar-refractivity contribution in [3.8, 4) is 0 Å². The van der Waals surface area contributed by atoms with Crippen LogP contribution in [-0.4, -0.2) is 43.7 Å². The van der Waals surface area contributed by atoms with Crippen LogP contribution in [0.1, 0.15) is 26.7 Å². The van der Waals surface area contributed by atoms with E-state index in [0.717, 1.165) is 6.26 Å². The van der Waals surface area contributed by atoms with Crippen molar-refractivity contribution in [3.05, 3.63) is 24.3 Å². The third-order valence-electron chi connectivity index (χ3n) is 3.26. The molecule has 0 bridgehead atoms. The Morgan fingerprint density at radius 2 is 1.87 bits per heavy atom. The standard InChI is InChI=1S/C15H22N2O5S/c1-4-7-12(15(19)20)16-10(2)14(18)17-11-8-5-6-9-13(11)23(3,21)22/h5-6,8-10,12,16H,4,7H2,1-3H3,(H,17,18)(H,19,20). The molecule has 128 valence electrons. The fraction of sp³-hybridized carbons (Fsp3) is 0.467. The fourth-order valence-corrected chi connectivity index (χ4v) is 2.92. The number of benzene rings is 1. The first kappa shape index (κ1) is 19.1. The van der Waals surface area contributed by atoms with Gasteiger partial charge in [-0.2, -0.15) is 0 Å². The van der Waals surface area contributed by atoms with Crippen LogP contribution in [0.4, 0.5) is 5.69 Å². The summed E-state index contributed by atoms with van der Waals surface area (Å²) in [5.74, 6) is -1.52. The van der Waals surface area contributed by atoms with Gasteiger partial charge in [0.15, 0.2) is 9.84 Å². The van der Waals surface area contributed by atoms with Gasteiger partial charge in [0, 0.05) is 6.26 Å². The van der Waals surface area contributed by atoms with Crippen LogP contribution >= 0.6 is 0 Å². The number of hydrogen-bond acceptors (Lipinski definition) is 5. The zero-order chi connectivity index (χ0) is 17.6. The van der Waals surface area contributed by atoms with Gasteiger partial charge in [-0.05, 0) is 25.5 Å². The number of carboxylic acids is 1. The Morgan fingerprint density at radius 3 is 2.39 bits per heavy atom. The Kier molecular flexibility index (Phi) is 6.71. The highest BCUT2D eigenvalue weighted by molar-refractivity contribution is 7.90. The summed E-state index contributed by atoms with van der Waals surface area (Å²) in [5, 5.41) is 14.4. The Labute approximate surface area is 136 Å². The lowest BCUT2D eigenvalue weighted by Crippen LogP contribution is -2.47. The van der Waals surface area contributed by atoms with Gasteiger partial charge in [0.05, 0.1) is 16.6 Å². The molecule has 0 fully saturated rings. The SMILES string of the molecule is CCCC(NC(C)C(=O)Nc1ccccc1S(C)(=O)=O)C(=O)O.